The summed E-state index contributed by atoms with van der Waals surface area (Å²) in [5.41, 5.74) is 1.06. The minimum atomic E-state index is -0.433. The predicted molar refractivity (Wildman–Crippen MR) is 86.2 cm³/mol. The lowest BCUT2D eigenvalue weighted by molar-refractivity contribution is 0.0601. The van der Waals surface area contributed by atoms with Gasteiger partial charge in [0.05, 0.1) is 18.9 Å². The summed E-state index contributed by atoms with van der Waals surface area (Å²) in [5, 5.41) is 11.4. The third-order valence-electron chi connectivity index (χ3n) is 3.00. The molecule has 0 spiro atoms. The van der Waals surface area contributed by atoms with E-state index in [2.05, 4.69) is 31.2 Å². The number of esters is 1. The van der Waals surface area contributed by atoms with E-state index in [1.165, 1.54) is 30.7 Å². The lowest BCUT2D eigenvalue weighted by atomic mass is 10.1. The number of furan rings is 1. The number of halogens is 1. The number of ether oxygens (including phenoxy) is 1. The highest BCUT2D eigenvalue weighted by atomic mass is 79.9. The van der Waals surface area contributed by atoms with Crippen LogP contribution >= 0.6 is 15.9 Å². The van der Waals surface area contributed by atoms with E-state index in [4.69, 9.17) is 9.15 Å². The maximum Gasteiger partial charge on any atom is 0.338 e. The summed E-state index contributed by atoms with van der Waals surface area (Å²) in [5.74, 6) is 0.646. The summed E-state index contributed by atoms with van der Waals surface area (Å²) < 4.78 is 12.8. The summed E-state index contributed by atoms with van der Waals surface area (Å²) in [4.78, 5) is 11.9. The first-order chi connectivity index (χ1) is 11.2. The van der Waals surface area contributed by atoms with Crippen molar-refractivity contribution in [1.82, 2.24) is 14.9 Å². The van der Waals surface area contributed by atoms with Gasteiger partial charge in [0, 0.05) is 10.0 Å². The molecule has 7 nitrogen and oxygen atoms in total. The fourth-order valence-electron chi connectivity index (χ4n) is 1.96. The van der Waals surface area contributed by atoms with Crippen LogP contribution in [0.3, 0.4) is 0 Å². The van der Waals surface area contributed by atoms with E-state index in [9.17, 15) is 4.79 Å². The minimum Gasteiger partial charge on any atom is -0.465 e. The third kappa shape index (κ3) is 3.37. The Balaban J connectivity index is 1.93. The van der Waals surface area contributed by atoms with Crippen LogP contribution in [0.4, 0.5) is 0 Å². The van der Waals surface area contributed by atoms with Crippen LogP contribution in [0.5, 0.6) is 0 Å². The van der Waals surface area contributed by atoms with Gasteiger partial charge >= 0.3 is 5.97 Å². The normalized spacial score (nSPS) is 11.0. The molecule has 0 fully saturated rings. The Morgan fingerprint density at radius 2 is 2.09 bits per heavy atom. The van der Waals surface area contributed by atoms with Crippen LogP contribution in [0.15, 0.2) is 57.0 Å². The van der Waals surface area contributed by atoms with Gasteiger partial charge in [-0.05, 0) is 30.3 Å². The molecule has 1 aromatic carbocycles. The second-order valence-electron chi connectivity index (χ2n) is 4.47. The zero-order valence-electron chi connectivity index (χ0n) is 12.0. The van der Waals surface area contributed by atoms with Crippen molar-refractivity contribution in [2.24, 2.45) is 5.10 Å². The molecule has 23 heavy (non-hydrogen) atoms. The van der Waals surface area contributed by atoms with Gasteiger partial charge in [-0.1, -0.05) is 15.9 Å². The van der Waals surface area contributed by atoms with Gasteiger partial charge in [0.25, 0.3) is 0 Å². The van der Waals surface area contributed by atoms with Gasteiger partial charge in [-0.25, -0.2) is 9.47 Å². The van der Waals surface area contributed by atoms with Crippen LogP contribution in [0.1, 0.15) is 16.1 Å². The summed E-state index contributed by atoms with van der Waals surface area (Å²) in [6.45, 7) is 0. The lowest BCUT2D eigenvalue weighted by Gasteiger charge is -2.06. The molecular formula is C15H11BrN4O3. The largest absolute Gasteiger partial charge is 0.465 e. The summed E-state index contributed by atoms with van der Waals surface area (Å²) in [6.07, 6.45) is 4.46. The monoisotopic (exact) mass is 374 g/mol. The summed E-state index contributed by atoms with van der Waals surface area (Å²) in [6, 6.07) is 8.83. The zero-order valence-corrected chi connectivity index (χ0v) is 13.6. The first kappa shape index (κ1) is 15.2. The van der Waals surface area contributed by atoms with Crippen molar-refractivity contribution in [3.05, 3.63) is 58.8 Å². The number of aromatic nitrogens is 3. The van der Waals surface area contributed by atoms with Gasteiger partial charge < -0.3 is 9.15 Å². The lowest BCUT2D eigenvalue weighted by Crippen LogP contribution is -2.03. The molecule has 8 heteroatoms. The molecule has 2 aromatic heterocycles. The Labute approximate surface area is 139 Å². The van der Waals surface area contributed by atoms with E-state index in [1.807, 2.05) is 6.07 Å². The molecule has 3 aromatic rings. The molecule has 2 heterocycles. The molecule has 0 radical (unpaired) electrons. The van der Waals surface area contributed by atoms with Crippen molar-refractivity contribution >= 4 is 28.1 Å². The Kier molecular flexibility index (Phi) is 4.33. The molecule has 0 saturated carbocycles. The van der Waals surface area contributed by atoms with Crippen molar-refractivity contribution in [2.45, 2.75) is 0 Å². The van der Waals surface area contributed by atoms with Crippen molar-refractivity contribution in [3.63, 3.8) is 0 Å². The Morgan fingerprint density at radius 3 is 2.83 bits per heavy atom. The minimum absolute atomic E-state index is 0.415. The van der Waals surface area contributed by atoms with Crippen molar-refractivity contribution in [1.29, 1.82) is 0 Å². The van der Waals surface area contributed by atoms with Crippen LogP contribution in [0.25, 0.3) is 11.3 Å². The number of carbonyl (C=O) groups excluding carboxylic acids is 1. The average Bonchev–Trinajstić information content (AvgIpc) is 3.23. The Morgan fingerprint density at radius 1 is 1.30 bits per heavy atom. The van der Waals surface area contributed by atoms with Crippen LogP contribution in [-0.4, -0.2) is 34.2 Å². The molecule has 116 valence electrons. The fraction of sp³-hybridized carbons (Fsp3) is 0.0667. The summed E-state index contributed by atoms with van der Waals surface area (Å²) in [7, 11) is 1.34. The van der Waals surface area contributed by atoms with Crippen LogP contribution in [-0.2, 0) is 4.74 Å². The number of rotatable bonds is 4. The van der Waals surface area contributed by atoms with Gasteiger partial charge in [0.1, 0.15) is 24.2 Å². The highest BCUT2D eigenvalue weighted by molar-refractivity contribution is 9.10. The standard InChI is InChI=1S/C15H11BrN4O3/c1-22-15(21)13-6-10(16)2-4-12(13)14-5-3-11(23-14)7-19-20-8-17-18-9-20/h2-9H,1H3. The predicted octanol–water partition coefficient (Wildman–Crippen LogP) is 2.97. The van der Waals surface area contributed by atoms with E-state index in [-0.39, 0.29) is 0 Å². The van der Waals surface area contributed by atoms with Gasteiger partial charge in [0.2, 0.25) is 0 Å². The van der Waals surface area contributed by atoms with Crippen LogP contribution in [0.2, 0.25) is 0 Å². The fourth-order valence-corrected chi connectivity index (χ4v) is 2.32. The van der Waals surface area contributed by atoms with Crippen molar-refractivity contribution in [2.75, 3.05) is 7.11 Å². The Hall–Kier alpha value is -2.74. The van der Waals surface area contributed by atoms with Gasteiger partial charge in [-0.2, -0.15) is 5.10 Å². The van der Waals surface area contributed by atoms with Crippen molar-refractivity contribution < 1.29 is 13.9 Å². The zero-order chi connectivity index (χ0) is 16.2. The number of hydrogen-bond acceptors (Lipinski definition) is 6. The maximum absolute atomic E-state index is 11.9. The first-order valence-electron chi connectivity index (χ1n) is 6.54. The van der Waals surface area contributed by atoms with E-state index >= 15 is 0 Å². The summed E-state index contributed by atoms with van der Waals surface area (Å²) >= 11 is 3.34. The Bertz CT molecular complexity index is 855. The SMILES string of the molecule is COC(=O)c1cc(Br)ccc1-c1ccc(C=Nn2cnnc2)o1. The molecule has 0 aliphatic carbocycles. The molecule has 0 aliphatic rings. The molecule has 0 unspecified atom stereocenters. The highest BCUT2D eigenvalue weighted by Crippen LogP contribution is 2.28. The molecule has 0 N–H and O–H groups in total. The molecule has 0 aliphatic heterocycles. The number of hydrogen-bond donors (Lipinski definition) is 0. The van der Waals surface area contributed by atoms with Gasteiger partial charge in [-0.15, -0.1) is 10.2 Å². The van der Waals surface area contributed by atoms with E-state index in [0.717, 1.165) is 4.47 Å². The molecule has 3 rings (SSSR count). The quantitative estimate of drug-likeness (QED) is 0.517. The van der Waals surface area contributed by atoms with Crippen molar-refractivity contribution in [3.8, 4) is 11.3 Å². The van der Waals surface area contributed by atoms with Gasteiger partial charge in [0.15, 0.2) is 0 Å². The van der Waals surface area contributed by atoms with E-state index < -0.39 is 5.97 Å². The molecule has 0 amide bonds. The van der Waals surface area contributed by atoms with Crippen LogP contribution < -0.4 is 0 Å². The highest BCUT2D eigenvalue weighted by Gasteiger charge is 2.16. The van der Waals surface area contributed by atoms with Crippen LogP contribution in [0, 0.1) is 0 Å². The third-order valence-corrected chi connectivity index (χ3v) is 3.50. The number of benzene rings is 1. The molecule has 0 saturated heterocycles. The average molecular weight is 375 g/mol. The second-order valence-corrected chi connectivity index (χ2v) is 5.39. The van der Waals surface area contributed by atoms with E-state index in [0.29, 0.717) is 22.6 Å². The first-order valence-corrected chi connectivity index (χ1v) is 7.34. The number of carbonyl (C=O) groups is 1. The molecule has 0 bridgehead atoms. The number of nitrogens with zero attached hydrogens (tertiary/aromatic N) is 4. The smallest absolute Gasteiger partial charge is 0.338 e. The topological polar surface area (TPSA) is 82.5 Å². The molecule has 0 atom stereocenters. The van der Waals surface area contributed by atoms with Gasteiger partial charge in [-0.3, -0.25) is 0 Å². The second kappa shape index (κ2) is 6.57. The molecular weight excluding hydrogens is 364 g/mol. The number of methoxy groups -OCH3 is 1. The van der Waals surface area contributed by atoms with E-state index in [1.54, 1.807) is 24.3 Å². The maximum atomic E-state index is 11.9.